The molecule has 0 N–H and O–H groups in total. The van der Waals surface area contributed by atoms with Gasteiger partial charge in [-0.2, -0.15) is 13.2 Å². The summed E-state index contributed by atoms with van der Waals surface area (Å²) in [6.07, 6.45) is -3.67. The first-order chi connectivity index (χ1) is 13.9. The summed E-state index contributed by atoms with van der Waals surface area (Å²) in [7, 11) is 0. The molecule has 0 spiro atoms. The van der Waals surface area contributed by atoms with Gasteiger partial charge in [-0.25, -0.2) is 14.9 Å². The second kappa shape index (κ2) is 6.40. The summed E-state index contributed by atoms with van der Waals surface area (Å²) < 4.78 is 39.4. The number of hydrogen-bond acceptors (Lipinski definition) is 4. The van der Waals surface area contributed by atoms with Crippen LogP contribution in [0.1, 0.15) is 23.6 Å². The van der Waals surface area contributed by atoms with Crippen LogP contribution < -0.4 is 4.90 Å². The number of anilines is 1. The maximum atomic E-state index is 13.3. The summed E-state index contributed by atoms with van der Waals surface area (Å²) in [6.45, 7) is 1.40. The lowest BCUT2D eigenvalue weighted by Crippen LogP contribution is -2.44. The normalized spacial score (nSPS) is 27.6. The van der Waals surface area contributed by atoms with E-state index in [4.69, 9.17) is 0 Å². The molecule has 3 aliphatic heterocycles. The Bertz CT molecular complexity index is 979. The molecule has 0 saturated carbocycles. The summed E-state index contributed by atoms with van der Waals surface area (Å²) in [4.78, 5) is 27.5. The van der Waals surface area contributed by atoms with Crippen LogP contribution in [0.15, 0.2) is 54.6 Å². The Morgan fingerprint density at radius 3 is 2.21 bits per heavy atom. The molecular weight excluding hydrogens is 383 g/mol. The van der Waals surface area contributed by atoms with E-state index in [1.807, 2.05) is 35.3 Å². The minimum atomic E-state index is -4.55. The predicted molar refractivity (Wildman–Crippen MR) is 98.4 cm³/mol. The van der Waals surface area contributed by atoms with Crippen LogP contribution in [0, 0.1) is 5.92 Å². The van der Waals surface area contributed by atoms with Crippen LogP contribution in [0.4, 0.5) is 18.9 Å². The molecule has 0 bridgehead atoms. The molecule has 0 unspecified atom stereocenters. The Hall–Kier alpha value is -2.71. The fraction of sp³-hybridized carbons (Fsp3) is 0.333. The average molecular weight is 401 g/mol. The molecule has 3 saturated heterocycles. The topological polar surface area (TPSA) is 43.9 Å². The van der Waals surface area contributed by atoms with Gasteiger partial charge < -0.3 is 0 Å². The van der Waals surface area contributed by atoms with Crippen LogP contribution in [0.25, 0.3) is 0 Å². The Morgan fingerprint density at radius 2 is 1.52 bits per heavy atom. The molecule has 5 rings (SSSR count). The third-order valence-corrected chi connectivity index (χ3v) is 5.98. The molecule has 8 heteroatoms. The maximum Gasteiger partial charge on any atom is 0.416 e. The highest BCUT2D eigenvalue weighted by Gasteiger charge is 2.62. The van der Waals surface area contributed by atoms with Crippen LogP contribution in [0.3, 0.4) is 0 Å². The van der Waals surface area contributed by atoms with Gasteiger partial charge in [0.2, 0.25) is 5.91 Å². The number of carbonyl (C=O) groups excluding carboxylic acids is 2. The molecule has 2 aromatic rings. The Morgan fingerprint density at radius 1 is 0.828 bits per heavy atom. The zero-order valence-corrected chi connectivity index (χ0v) is 15.3. The maximum absolute atomic E-state index is 13.3. The molecule has 3 heterocycles. The number of fused-ring (bicyclic) bond motifs is 3. The van der Waals surface area contributed by atoms with Gasteiger partial charge in [-0.1, -0.05) is 36.4 Å². The SMILES string of the molecule is O=C1[C@H]2[C@@H](c3ccccc3)N3CCCN3[C@H]2C(=O)N1c1cccc(C(F)(F)F)c1. The lowest BCUT2D eigenvalue weighted by Gasteiger charge is -2.29. The average Bonchev–Trinajstić information content (AvgIpc) is 3.34. The standard InChI is InChI=1S/C21H18F3N3O2/c22-21(23,24)14-8-4-9-15(12-14)27-19(28)16-17(13-6-2-1-3-7-13)25-10-5-11-26(25)18(16)20(27)29/h1-4,6-9,12,16-18H,5,10-11H2/t16-,17+,18+/m0/s1. The number of carbonyl (C=O) groups is 2. The number of halogens is 3. The van der Waals surface area contributed by atoms with Crippen molar-refractivity contribution in [3.05, 3.63) is 65.7 Å². The largest absolute Gasteiger partial charge is 0.416 e. The molecule has 2 amide bonds. The van der Waals surface area contributed by atoms with Crippen LogP contribution >= 0.6 is 0 Å². The summed E-state index contributed by atoms with van der Waals surface area (Å²) >= 11 is 0. The summed E-state index contributed by atoms with van der Waals surface area (Å²) in [6, 6.07) is 12.9. The first-order valence-corrected chi connectivity index (χ1v) is 9.51. The third-order valence-electron chi connectivity index (χ3n) is 5.98. The van der Waals surface area contributed by atoms with Gasteiger partial charge in [-0.3, -0.25) is 9.59 Å². The predicted octanol–water partition coefficient (Wildman–Crippen LogP) is 3.24. The van der Waals surface area contributed by atoms with E-state index >= 15 is 0 Å². The number of imide groups is 1. The zero-order chi connectivity index (χ0) is 20.3. The van der Waals surface area contributed by atoms with Gasteiger partial charge in [-0.05, 0) is 30.2 Å². The quantitative estimate of drug-likeness (QED) is 0.725. The van der Waals surface area contributed by atoms with Crippen molar-refractivity contribution < 1.29 is 22.8 Å². The molecule has 3 atom stereocenters. The molecule has 29 heavy (non-hydrogen) atoms. The van der Waals surface area contributed by atoms with Crippen molar-refractivity contribution in [1.29, 1.82) is 0 Å². The van der Waals surface area contributed by atoms with Gasteiger partial charge in [0.15, 0.2) is 0 Å². The highest BCUT2D eigenvalue weighted by molar-refractivity contribution is 6.24. The minimum absolute atomic E-state index is 0.0261. The zero-order valence-electron chi connectivity index (χ0n) is 15.3. The minimum Gasteiger partial charge on any atom is -0.274 e. The highest BCUT2D eigenvalue weighted by Crippen LogP contribution is 2.49. The lowest BCUT2D eigenvalue weighted by molar-refractivity contribution is -0.137. The third kappa shape index (κ3) is 2.70. The number of benzene rings is 2. The van der Waals surface area contributed by atoms with E-state index in [0.29, 0.717) is 6.54 Å². The fourth-order valence-corrected chi connectivity index (χ4v) is 4.84. The number of alkyl halides is 3. The van der Waals surface area contributed by atoms with Crippen molar-refractivity contribution in [3.8, 4) is 0 Å². The van der Waals surface area contributed by atoms with Gasteiger partial charge >= 0.3 is 6.18 Å². The van der Waals surface area contributed by atoms with E-state index in [9.17, 15) is 22.8 Å². The lowest BCUT2D eigenvalue weighted by atomic mass is 9.90. The van der Waals surface area contributed by atoms with Gasteiger partial charge in [-0.15, -0.1) is 0 Å². The van der Waals surface area contributed by atoms with Gasteiger partial charge in [0, 0.05) is 13.1 Å². The first-order valence-electron chi connectivity index (χ1n) is 9.51. The molecule has 150 valence electrons. The van der Waals surface area contributed by atoms with Crippen LogP contribution in [0.2, 0.25) is 0 Å². The van der Waals surface area contributed by atoms with E-state index in [-0.39, 0.29) is 11.7 Å². The summed E-state index contributed by atoms with van der Waals surface area (Å²) in [5.74, 6) is -1.54. The number of hydrazine groups is 1. The van der Waals surface area contributed by atoms with E-state index in [1.165, 1.54) is 12.1 Å². The van der Waals surface area contributed by atoms with Crippen LogP contribution in [0.5, 0.6) is 0 Å². The Balaban J connectivity index is 1.57. The Kier molecular flexibility index (Phi) is 4.04. The van der Waals surface area contributed by atoms with E-state index in [1.54, 1.807) is 0 Å². The Labute approximate surface area is 165 Å². The molecule has 0 aromatic heterocycles. The van der Waals surface area contributed by atoms with E-state index in [2.05, 4.69) is 5.01 Å². The summed E-state index contributed by atoms with van der Waals surface area (Å²) in [5.41, 5.74) is 0.0239. The van der Waals surface area contributed by atoms with Crippen LogP contribution in [-0.2, 0) is 15.8 Å². The second-order valence-electron chi connectivity index (χ2n) is 7.57. The first kappa shape index (κ1) is 18.3. The summed E-state index contributed by atoms with van der Waals surface area (Å²) in [5, 5.41) is 4.00. The number of hydrogen-bond donors (Lipinski definition) is 0. The smallest absolute Gasteiger partial charge is 0.274 e. The molecule has 2 aromatic carbocycles. The molecule has 0 radical (unpaired) electrons. The van der Waals surface area contributed by atoms with Crippen molar-refractivity contribution in [2.45, 2.75) is 24.7 Å². The molecular formula is C21H18F3N3O2. The molecule has 0 aliphatic carbocycles. The fourth-order valence-electron chi connectivity index (χ4n) is 4.84. The van der Waals surface area contributed by atoms with Crippen LogP contribution in [-0.4, -0.2) is 41.0 Å². The van der Waals surface area contributed by atoms with E-state index < -0.39 is 35.5 Å². The molecule has 3 fully saturated rings. The van der Waals surface area contributed by atoms with Gasteiger partial charge in [0.1, 0.15) is 6.04 Å². The van der Waals surface area contributed by atoms with Crippen molar-refractivity contribution >= 4 is 17.5 Å². The van der Waals surface area contributed by atoms with Gasteiger partial charge in [0.25, 0.3) is 5.91 Å². The van der Waals surface area contributed by atoms with Crippen molar-refractivity contribution in [1.82, 2.24) is 10.0 Å². The van der Waals surface area contributed by atoms with Crippen molar-refractivity contribution in [2.75, 3.05) is 18.0 Å². The molecule has 5 nitrogen and oxygen atoms in total. The van der Waals surface area contributed by atoms with Crippen molar-refractivity contribution in [2.24, 2.45) is 5.92 Å². The highest BCUT2D eigenvalue weighted by atomic mass is 19.4. The monoisotopic (exact) mass is 401 g/mol. The van der Waals surface area contributed by atoms with E-state index in [0.717, 1.165) is 35.6 Å². The van der Waals surface area contributed by atoms with Crippen molar-refractivity contribution in [3.63, 3.8) is 0 Å². The second-order valence-corrected chi connectivity index (χ2v) is 7.57. The van der Waals surface area contributed by atoms with Gasteiger partial charge in [0.05, 0.1) is 23.2 Å². The number of rotatable bonds is 2. The number of nitrogens with zero attached hydrogens (tertiary/aromatic N) is 3. The molecule has 3 aliphatic rings. The number of amides is 2.